The predicted octanol–water partition coefficient (Wildman–Crippen LogP) is 2.00. The molecule has 3 N–H and O–H groups in total. The molecule has 0 aliphatic carbocycles. The van der Waals surface area contributed by atoms with Gasteiger partial charge in [0.15, 0.2) is 0 Å². The van der Waals surface area contributed by atoms with Crippen molar-refractivity contribution in [3.63, 3.8) is 0 Å². The lowest BCUT2D eigenvalue weighted by Crippen LogP contribution is -2.38. The van der Waals surface area contributed by atoms with Crippen LogP contribution in [0.5, 0.6) is 0 Å². The van der Waals surface area contributed by atoms with Gasteiger partial charge in [-0.15, -0.1) is 0 Å². The van der Waals surface area contributed by atoms with Gasteiger partial charge in [-0.2, -0.15) is 0 Å². The van der Waals surface area contributed by atoms with Gasteiger partial charge in [-0.25, -0.2) is 0 Å². The van der Waals surface area contributed by atoms with Crippen LogP contribution in [0.15, 0.2) is 24.4 Å². The van der Waals surface area contributed by atoms with Gasteiger partial charge >= 0.3 is 0 Å². The van der Waals surface area contributed by atoms with E-state index in [-0.39, 0.29) is 0 Å². The predicted molar refractivity (Wildman–Crippen MR) is 67.5 cm³/mol. The number of nitrogens with one attached hydrogen (secondary N) is 1. The topological polar surface area (TPSA) is 45.0 Å². The summed E-state index contributed by atoms with van der Waals surface area (Å²) in [6.45, 7) is 3.71. The second-order valence-corrected chi connectivity index (χ2v) is 4.53. The van der Waals surface area contributed by atoms with Crippen LogP contribution in [0, 0.1) is 0 Å². The molecule has 1 aromatic heterocycles. The van der Waals surface area contributed by atoms with Gasteiger partial charge in [0.05, 0.1) is 11.2 Å². The summed E-state index contributed by atoms with van der Waals surface area (Å²) in [7, 11) is 0. The average molecular weight is 215 g/mol. The molecule has 0 atom stereocenters. The number of benzene rings is 1. The number of nitrogens with two attached hydrogens (primary N) is 1. The van der Waals surface area contributed by atoms with Gasteiger partial charge in [0.1, 0.15) is 0 Å². The van der Waals surface area contributed by atoms with Gasteiger partial charge in [-0.1, -0.05) is 12.1 Å². The summed E-state index contributed by atoms with van der Waals surface area (Å²) in [5.74, 6) is 0. The van der Waals surface area contributed by atoms with Crippen molar-refractivity contribution in [3.05, 3.63) is 30.0 Å². The third-order valence-corrected chi connectivity index (χ3v) is 3.48. The molecule has 3 heteroatoms. The number of likely N-dealkylation sites (tertiary alicyclic amines) is 1. The minimum atomic E-state index is 0.840. The number of nitrogen functional groups attached to an aromatic ring is 1. The van der Waals surface area contributed by atoms with Gasteiger partial charge < -0.3 is 15.6 Å². The number of nitrogens with zero attached hydrogens (tertiary/aromatic N) is 1. The van der Waals surface area contributed by atoms with Crippen LogP contribution in [0.4, 0.5) is 5.69 Å². The zero-order valence-electron chi connectivity index (χ0n) is 9.37. The normalized spacial score (nSPS) is 16.5. The number of aromatic nitrogens is 1. The zero-order chi connectivity index (χ0) is 11.0. The minimum absolute atomic E-state index is 0.840. The first-order valence-electron chi connectivity index (χ1n) is 5.91. The third-order valence-electron chi connectivity index (χ3n) is 3.48. The Bertz CT molecular complexity index is 497. The first-order chi connectivity index (χ1) is 7.84. The number of hydrogen-bond acceptors (Lipinski definition) is 2. The van der Waals surface area contributed by atoms with Gasteiger partial charge in [0.2, 0.25) is 0 Å². The molecular formula is C13H17N3. The highest BCUT2D eigenvalue weighted by atomic mass is 15.2. The highest BCUT2D eigenvalue weighted by Gasteiger charge is 2.14. The van der Waals surface area contributed by atoms with E-state index in [0.717, 1.165) is 17.6 Å². The van der Waals surface area contributed by atoms with Crippen molar-refractivity contribution in [1.29, 1.82) is 0 Å². The largest absolute Gasteiger partial charge is 0.397 e. The Morgan fingerprint density at radius 2 is 2.19 bits per heavy atom. The molecule has 1 saturated heterocycles. The Morgan fingerprint density at radius 1 is 1.31 bits per heavy atom. The lowest BCUT2D eigenvalue weighted by Gasteiger charge is -2.30. The SMILES string of the molecule is Nc1cccc2c(CCN3CCC3)c[nH]c12. The highest BCUT2D eigenvalue weighted by Crippen LogP contribution is 2.23. The maximum atomic E-state index is 5.92. The van der Waals surface area contributed by atoms with Gasteiger partial charge in [-0.3, -0.25) is 0 Å². The van der Waals surface area contributed by atoms with Crippen LogP contribution in [0.1, 0.15) is 12.0 Å². The Kier molecular flexibility index (Phi) is 2.33. The minimum Gasteiger partial charge on any atom is -0.397 e. The molecule has 2 heterocycles. The van der Waals surface area contributed by atoms with Crippen LogP contribution in [0.3, 0.4) is 0 Å². The molecule has 0 radical (unpaired) electrons. The first kappa shape index (κ1) is 9.73. The summed E-state index contributed by atoms with van der Waals surface area (Å²) in [4.78, 5) is 5.76. The van der Waals surface area contributed by atoms with Crippen molar-refractivity contribution >= 4 is 16.6 Å². The molecule has 2 aromatic rings. The van der Waals surface area contributed by atoms with E-state index in [1.807, 2.05) is 12.1 Å². The summed E-state index contributed by atoms with van der Waals surface area (Å²) in [5.41, 5.74) is 9.23. The Hall–Kier alpha value is -1.48. The molecule has 84 valence electrons. The number of aromatic amines is 1. The number of anilines is 1. The van der Waals surface area contributed by atoms with E-state index in [0.29, 0.717) is 0 Å². The molecule has 0 spiro atoms. The van der Waals surface area contributed by atoms with Crippen LogP contribution in [-0.4, -0.2) is 29.5 Å². The fourth-order valence-corrected chi connectivity index (χ4v) is 2.33. The van der Waals surface area contributed by atoms with E-state index in [1.54, 1.807) is 0 Å². The molecule has 0 saturated carbocycles. The van der Waals surface area contributed by atoms with Gasteiger partial charge in [0.25, 0.3) is 0 Å². The second-order valence-electron chi connectivity index (χ2n) is 4.53. The number of hydrogen-bond donors (Lipinski definition) is 2. The fourth-order valence-electron chi connectivity index (χ4n) is 2.33. The molecule has 1 fully saturated rings. The molecule has 3 rings (SSSR count). The standard InChI is InChI=1S/C13H17N3/c14-12-4-1-3-11-10(9-15-13(11)12)5-8-16-6-2-7-16/h1,3-4,9,15H,2,5-8,14H2. The van der Waals surface area contributed by atoms with E-state index in [1.165, 1.54) is 37.0 Å². The highest BCUT2D eigenvalue weighted by molar-refractivity contribution is 5.92. The summed E-state index contributed by atoms with van der Waals surface area (Å²) in [5, 5.41) is 1.28. The van der Waals surface area contributed by atoms with E-state index in [4.69, 9.17) is 5.73 Å². The summed E-state index contributed by atoms with van der Waals surface area (Å²) in [6.07, 6.45) is 4.57. The summed E-state index contributed by atoms with van der Waals surface area (Å²) < 4.78 is 0. The molecule has 1 aliphatic rings. The molecule has 0 unspecified atom stereocenters. The summed E-state index contributed by atoms with van der Waals surface area (Å²) >= 11 is 0. The maximum absolute atomic E-state index is 5.92. The Labute approximate surface area is 95.2 Å². The van der Waals surface area contributed by atoms with Crippen molar-refractivity contribution in [1.82, 2.24) is 9.88 Å². The molecule has 0 bridgehead atoms. The Balaban J connectivity index is 1.83. The average Bonchev–Trinajstić information content (AvgIpc) is 2.61. The van der Waals surface area contributed by atoms with Crippen molar-refractivity contribution in [2.24, 2.45) is 0 Å². The lowest BCUT2D eigenvalue weighted by molar-refractivity contribution is 0.184. The van der Waals surface area contributed by atoms with Crippen LogP contribution in [0.2, 0.25) is 0 Å². The van der Waals surface area contributed by atoms with Crippen LogP contribution in [0.25, 0.3) is 10.9 Å². The molecular weight excluding hydrogens is 198 g/mol. The van der Waals surface area contributed by atoms with E-state index in [2.05, 4.69) is 22.1 Å². The number of H-pyrrole nitrogens is 1. The van der Waals surface area contributed by atoms with Crippen LogP contribution >= 0.6 is 0 Å². The van der Waals surface area contributed by atoms with Crippen LogP contribution in [-0.2, 0) is 6.42 Å². The Morgan fingerprint density at radius 3 is 2.94 bits per heavy atom. The lowest BCUT2D eigenvalue weighted by atomic mass is 10.1. The number of rotatable bonds is 3. The van der Waals surface area contributed by atoms with Crippen molar-refractivity contribution in [3.8, 4) is 0 Å². The molecule has 1 aromatic carbocycles. The monoisotopic (exact) mass is 215 g/mol. The fraction of sp³-hybridized carbons (Fsp3) is 0.385. The van der Waals surface area contributed by atoms with Crippen molar-refractivity contribution in [2.45, 2.75) is 12.8 Å². The quantitative estimate of drug-likeness (QED) is 0.769. The number of fused-ring (bicyclic) bond motifs is 1. The van der Waals surface area contributed by atoms with E-state index < -0.39 is 0 Å². The smallest absolute Gasteiger partial charge is 0.0690 e. The van der Waals surface area contributed by atoms with Crippen molar-refractivity contribution in [2.75, 3.05) is 25.4 Å². The van der Waals surface area contributed by atoms with E-state index >= 15 is 0 Å². The van der Waals surface area contributed by atoms with E-state index in [9.17, 15) is 0 Å². The molecule has 3 nitrogen and oxygen atoms in total. The molecule has 0 amide bonds. The molecule has 1 aliphatic heterocycles. The third kappa shape index (κ3) is 1.57. The first-order valence-corrected chi connectivity index (χ1v) is 5.91. The second kappa shape index (κ2) is 3.83. The maximum Gasteiger partial charge on any atom is 0.0690 e. The van der Waals surface area contributed by atoms with Gasteiger partial charge in [0, 0.05) is 18.1 Å². The summed E-state index contributed by atoms with van der Waals surface area (Å²) in [6, 6.07) is 6.12. The molecule has 16 heavy (non-hydrogen) atoms. The number of para-hydroxylation sites is 1. The van der Waals surface area contributed by atoms with Crippen LogP contribution < -0.4 is 5.73 Å². The van der Waals surface area contributed by atoms with Gasteiger partial charge in [-0.05, 0) is 37.6 Å². The van der Waals surface area contributed by atoms with Crippen molar-refractivity contribution < 1.29 is 0 Å². The zero-order valence-corrected chi connectivity index (χ0v) is 9.37.